The lowest BCUT2D eigenvalue weighted by atomic mass is 9.95. The van der Waals surface area contributed by atoms with Crippen LogP contribution in [0.3, 0.4) is 0 Å². The number of unbranched alkanes of at least 4 members (excludes halogenated alkanes) is 1. The summed E-state index contributed by atoms with van der Waals surface area (Å²) < 4.78 is 0. The molecule has 2 aliphatic rings. The minimum absolute atomic E-state index is 0.520. The van der Waals surface area contributed by atoms with Gasteiger partial charge in [-0.05, 0) is 17.9 Å². The molecule has 37 heavy (non-hydrogen) atoms. The first kappa shape index (κ1) is 32.7. The second kappa shape index (κ2) is 19.7. The van der Waals surface area contributed by atoms with Crippen LogP contribution >= 0.6 is 0 Å². The van der Waals surface area contributed by atoms with Crippen LogP contribution in [0.25, 0.3) is 0 Å². The summed E-state index contributed by atoms with van der Waals surface area (Å²) in [6, 6.07) is 1.80. The molecule has 1 aliphatic carbocycles. The maximum Gasteiger partial charge on any atom is 0.229 e. The molecular weight excluding hydrogens is 456 g/mol. The van der Waals surface area contributed by atoms with Gasteiger partial charge in [-0.3, -0.25) is 4.90 Å². The average molecular weight is 513 g/mol. The number of piperazine rings is 1. The van der Waals surface area contributed by atoms with Crippen molar-refractivity contribution in [3.05, 3.63) is 42.0 Å². The number of nitrogens with zero attached hydrogens (tertiary/aromatic N) is 5. The molecule has 1 aromatic rings. The Bertz CT molecular complexity index is 806. The van der Waals surface area contributed by atoms with Crippen LogP contribution in [0.2, 0.25) is 0 Å². The van der Waals surface area contributed by atoms with Gasteiger partial charge in [0.2, 0.25) is 5.95 Å². The summed E-state index contributed by atoms with van der Waals surface area (Å²) in [6.45, 7) is 16.0. The fraction of sp³-hybridized carbons (Fsp3) is 0.677. The molecule has 0 saturated carbocycles. The highest BCUT2D eigenvalue weighted by Gasteiger charge is 2.20. The summed E-state index contributed by atoms with van der Waals surface area (Å²) in [5.74, 6) is 3.12. The molecule has 1 unspecified atom stereocenters. The number of allylic oxidation sites excluding steroid dienone is 4. The van der Waals surface area contributed by atoms with Crippen LogP contribution in [0.15, 0.2) is 42.0 Å². The van der Waals surface area contributed by atoms with E-state index in [0.717, 1.165) is 56.8 Å². The van der Waals surface area contributed by atoms with Crippen LogP contribution in [-0.2, 0) is 0 Å². The molecule has 1 atom stereocenters. The molecule has 1 aliphatic heterocycles. The van der Waals surface area contributed by atoms with Crippen LogP contribution < -0.4 is 15.5 Å². The van der Waals surface area contributed by atoms with E-state index < -0.39 is 0 Å². The number of nitrogens with two attached hydrogens (primary N) is 1. The zero-order valence-electron chi connectivity index (χ0n) is 25.0. The largest absolute Gasteiger partial charge is 0.383 e. The third-order valence-electron chi connectivity index (χ3n) is 6.53. The van der Waals surface area contributed by atoms with E-state index in [1.54, 1.807) is 6.07 Å². The van der Waals surface area contributed by atoms with Crippen LogP contribution in [0.4, 0.5) is 17.6 Å². The zero-order valence-corrected chi connectivity index (χ0v) is 25.0. The summed E-state index contributed by atoms with van der Waals surface area (Å²) in [7, 11) is 3.93. The van der Waals surface area contributed by atoms with Crippen molar-refractivity contribution in [3.8, 4) is 0 Å². The minimum atomic E-state index is 0.520. The van der Waals surface area contributed by atoms with Crippen LogP contribution in [0.1, 0.15) is 86.0 Å². The Balaban J connectivity index is 0.000000443. The van der Waals surface area contributed by atoms with E-state index in [2.05, 4.69) is 84.8 Å². The molecule has 6 heteroatoms. The van der Waals surface area contributed by atoms with Crippen molar-refractivity contribution in [3.63, 3.8) is 0 Å². The van der Waals surface area contributed by atoms with Crippen LogP contribution in [0, 0.1) is 5.92 Å². The van der Waals surface area contributed by atoms with Crippen molar-refractivity contribution in [1.82, 2.24) is 14.9 Å². The molecule has 1 aromatic heterocycles. The average Bonchev–Trinajstić information content (AvgIpc) is 3.16. The van der Waals surface area contributed by atoms with Crippen molar-refractivity contribution in [1.29, 1.82) is 0 Å². The van der Waals surface area contributed by atoms with Crippen molar-refractivity contribution in [2.75, 3.05) is 62.4 Å². The fourth-order valence-corrected chi connectivity index (χ4v) is 4.36. The van der Waals surface area contributed by atoms with Gasteiger partial charge in [-0.1, -0.05) is 110 Å². The Morgan fingerprint density at radius 3 is 2.24 bits per heavy atom. The van der Waals surface area contributed by atoms with E-state index in [4.69, 9.17) is 5.73 Å². The molecule has 3 rings (SSSR count). The molecule has 0 radical (unpaired) electrons. The number of hydrogen-bond donors (Lipinski definition) is 1. The number of hydrogen-bond acceptors (Lipinski definition) is 6. The number of aromatic nitrogens is 2. The van der Waals surface area contributed by atoms with Crippen molar-refractivity contribution < 1.29 is 0 Å². The Kier molecular flexibility index (Phi) is 17.4. The predicted molar refractivity (Wildman–Crippen MR) is 165 cm³/mol. The predicted octanol–water partition coefficient (Wildman–Crippen LogP) is 7.11. The molecule has 2 N–H and O–H groups in total. The fourth-order valence-electron chi connectivity index (χ4n) is 4.36. The summed E-state index contributed by atoms with van der Waals surface area (Å²) in [5, 5.41) is 0. The minimum Gasteiger partial charge on any atom is -0.383 e. The summed E-state index contributed by atoms with van der Waals surface area (Å²) in [5.41, 5.74) is 7.30. The lowest BCUT2D eigenvalue weighted by Crippen LogP contribution is -2.47. The topological polar surface area (TPSA) is 61.5 Å². The molecule has 1 fully saturated rings. The van der Waals surface area contributed by atoms with Gasteiger partial charge < -0.3 is 15.5 Å². The normalized spacial score (nSPS) is 16.1. The monoisotopic (exact) mass is 512 g/mol. The molecule has 0 spiro atoms. The Morgan fingerprint density at radius 2 is 1.65 bits per heavy atom. The van der Waals surface area contributed by atoms with Gasteiger partial charge in [0.05, 0.1) is 0 Å². The Hall–Kier alpha value is -2.34. The molecular formula is C31H56N6. The van der Waals surface area contributed by atoms with Gasteiger partial charge in [0, 0.05) is 52.9 Å². The molecule has 1 saturated heterocycles. The van der Waals surface area contributed by atoms with Crippen molar-refractivity contribution in [2.45, 2.75) is 86.0 Å². The van der Waals surface area contributed by atoms with E-state index in [1.807, 2.05) is 19.0 Å². The molecule has 0 aromatic carbocycles. The summed E-state index contributed by atoms with van der Waals surface area (Å²) in [6.07, 6.45) is 21.7. The first-order chi connectivity index (χ1) is 17.9. The van der Waals surface area contributed by atoms with Gasteiger partial charge in [0.15, 0.2) is 0 Å². The van der Waals surface area contributed by atoms with Crippen LogP contribution in [0.5, 0.6) is 0 Å². The highest BCUT2D eigenvalue weighted by atomic mass is 15.3. The Labute approximate surface area is 228 Å². The van der Waals surface area contributed by atoms with E-state index >= 15 is 0 Å². The van der Waals surface area contributed by atoms with Gasteiger partial charge in [-0.25, -0.2) is 0 Å². The molecule has 0 bridgehead atoms. The Morgan fingerprint density at radius 1 is 0.946 bits per heavy atom. The maximum atomic E-state index is 5.93. The molecule has 0 amide bonds. The van der Waals surface area contributed by atoms with Gasteiger partial charge >= 0.3 is 0 Å². The third kappa shape index (κ3) is 13.7. The zero-order chi connectivity index (χ0) is 27.5. The second-order valence-electron chi connectivity index (χ2n) is 10.3. The van der Waals surface area contributed by atoms with E-state index in [0.29, 0.717) is 5.82 Å². The lowest BCUT2D eigenvalue weighted by molar-refractivity contribution is 0.278. The highest BCUT2D eigenvalue weighted by Crippen LogP contribution is 2.19. The van der Waals surface area contributed by atoms with Gasteiger partial charge in [-0.2, -0.15) is 9.97 Å². The molecule has 210 valence electrons. The summed E-state index contributed by atoms with van der Waals surface area (Å²) in [4.78, 5) is 15.7. The number of rotatable bonds is 10. The van der Waals surface area contributed by atoms with Gasteiger partial charge in [0.1, 0.15) is 11.6 Å². The highest BCUT2D eigenvalue weighted by molar-refractivity contribution is 5.51. The third-order valence-corrected chi connectivity index (χ3v) is 6.53. The maximum absolute atomic E-state index is 5.93. The first-order valence-electron chi connectivity index (χ1n) is 14.7. The molecule has 2 heterocycles. The number of nitrogen functional groups attached to an aromatic ring is 1. The first-order valence-corrected chi connectivity index (χ1v) is 14.7. The molecule has 6 nitrogen and oxygen atoms in total. The van der Waals surface area contributed by atoms with E-state index in [1.165, 1.54) is 50.5 Å². The standard InChI is InChI=1S/C18H26N6.C10H22.C3H8/c1-22(2)17-13-16(19)20-18(21-17)24-11-9-23(10-12-24)14-15-7-5-3-4-6-8-15;1-4-7-9-10(6-3)8-5-2;1-3-2/h3,5-8,13H,4,9-12,14H2,1-2H3,(H2,19,20,21);10H,4-9H2,1-3H3;3H2,1-2H3. The van der Waals surface area contributed by atoms with E-state index in [-0.39, 0.29) is 0 Å². The lowest BCUT2D eigenvalue weighted by Gasteiger charge is -2.35. The quantitative estimate of drug-likeness (QED) is 0.360. The van der Waals surface area contributed by atoms with Crippen LogP contribution in [-0.4, -0.2) is 61.7 Å². The number of anilines is 3. The van der Waals surface area contributed by atoms with Crippen molar-refractivity contribution in [2.24, 2.45) is 5.92 Å². The van der Waals surface area contributed by atoms with Crippen molar-refractivity contribution >= 4 is 17.6 Å². The van der Waals surface area contributed by atoms with Gasteiger partial charge in [-0.15, -0.1) is 0 Å². The summed E-state index contributed by atoms with van der Waals surface area (Å²) >= 11 is 0. The smallest absolute Gasteiger partial charge is 0.229 e. The van der Waals surface area contributed by atoms with E-state index in [9.17, 15) is 0 Å². The van der Waals surface area contributed by atoms with Gasteiger partial charge in [0.25, 0.3) is 0 Å². The second-order valence-corrected chi connectivity index (χ2v) is 10.3. The SMILES string of the molecule is CCC.CCCCC(CC)CCC.CN(C)c1cc(N)nc(N2CCN(CC3=CC=CCC=C3)CC2)n1.